The summed E-state index contributed by atoms with van der Waals surface area (Å²) in [4.78, 5) is 11.9. The molecule has 98 valence electrons. The standard InChI is InChI=1S/C14H12BrNO3/c15-10-6-4-9(5-7-10)8-16-14(19)11-2-1-3-12(17)13(11)18/h1-7,17-18H,8H2,(H,16,19). The van der Waals surface area contributed by atoms with Crippen LogP contribution in [-0.2, 0) is 6.54 Å². The first kappa shape index (κ1) is 13.4. The van der Waals surface area contributed by atoms with Gasteiger partial charge in [0.1, 0.15) is 0 Å². The van der Waals surface area contributed by atoms with Gasteiger partial charge in [0, 0.05) is 11.0 Å². The topological polar surface area (TPSA) is 69.6 Å². The molecule has 0 radical (unpaired) electrons. The van der Waals surface area contributed by atoms with Gasteiger partial charge in [-0.1, -0.05) is 34.1 Å². The Morgan fingerprint density at radius 1 is 1.11 bits per heavy atom. The van der Waals surface area contributed by atoms with Gasteiger partial charge in [-0.2, -0.15) is 0 Å². The first-order valence-corrected chi connectivity index (χ1v) is 6.41. The number of amides is 1. The molecular weight excluding hydrogens is 310 g/mol. The summed E-state index contributed by atoms with van der Waals surface area (Å²) < 4.78 is 0.966. The van der Waals surface area contributed by atoms with Gasteiger partial charge in [0.2, 0.25) is 0 Å². The number of benzene rings is 2. The second-order valence-corrected chi connectivity index (χ2v) is 4.90. The highest BCUT2D eigenvalue weighted by molar-refractivity contribution is 9.10. The summed E-state index contributed by atoms with van der Waals surface area (Å²) in [6.45, 7) is 0.348. The van der Waals surface area contributed by atoms with Crippen LogP contribution in [0.3, 0.4) is 0 Å². The van der Waals surface area contributed by atoms with Gasteiger partial charge in [0.25, 0.3) is 5.91 Å². The van der Waals surface area contributed by atoms with Crippen LogP contribution in [-0.4, -0.2) is 16.1 Å². The molecule has 0 saturated carbocycles. The summed E-state index contributed by atoms with van der Waals surface area (Å²) in [5, 5.41) is 21.6. The first-order chi connectivity index (χ1) is 9.08. The Hall–Kier alpha value is -2.01. The highest BCUT2D eigenvalue weighted by atomic mass is 79.9. The molecule has 0 aromatic heterocycles. The highest BCUT2D eigenvalue weighted by Crippen LogP contribution is 2.27. The molecule has 0 unspecified atom stereocenters. The smallest absolute Gasteiger partial charge is 0.255 e. The minimum atomic E-state index is -0.434. The van der Waals surface area contributed by atoms with Crippen LogP contribution in [0.2, 0.25) is 0 Å². The van der Waals surface area contributed by atoms with E-state index >= 15 is 0 Å². The van der Waals surface area contributed by atoms with Crippen molar-refractivity contribution in [1.82, 2.24) is 5.32 Å². The second-order valence-electron chi connectivity index (χ2n) is 3.98. The van der Waals surface area contributed by atoms with E-state index in [1.165, 1.54) is 18.2 Å². The van der Waals surface area contributed by atoms with E-state index in [4.69, 9.17) is 0 Å². The zero-order chi connectivity index (χ0) is 13.8. The summed E-state index contributed by atoms with van der Waals surface area (Å²) in [5.74, 6) is -1.15. The Labute approximate surface area is 118 Å². The van der Waals surface area contributed by atoms with Crippen molar-refractivity contribution in [2.24, 2.45) is 0 Å². The van der Waals surface area contributed by atoms with Crippen molar-refractivity contribution in [2.75, 3.05) is 0 Å². The minimum absolute atomic E-state index is 0.0529. The van der Waals surface area contributed by atoms with E-state index in [9.17, 15) is 15.0 Å². The Bertz CT molecular complexity index is 596. The van der Waals surface area contributed by atoms with Crippen LogP contribution < -0.4 is 5.32 Å². The molecule has 0 spiro atoms. The molecule has 0 atom stereocenters. The molecule has 0 aliphatic carbocycles. The molecule has 3 N–H and O–H groups in total. The zero-order valence-corrected chi connectivity index (χ0v) is 11.5. The maximum Gasteiger partial charge on any atom is 0.255 e. The van der Waals surface area contributed by atoms with Crippen molar-refractivity contribution in [1.29, 1.82) is 0 Å². The van der Waals surface area contributed by atoms with Gasteiger partial charge in [0.15, 0.2) is 11.5 Å². The molecule has 0 fully saturated rings. The Morgan fingerprint density at radius 3 is 2.47 bits per heavy atom. The van der Waals surface area contributed by atoms with Gasteiger partial charge >= 0.3 is 0 Å². The maximum absolute atomic E-state index is 11.9. The van der Waals surface area contributed by atoms with E-state index < -0.39 is 11.7 Å². The first-order valence-electron chi connectivity index (χ1n) is 5.61. The Morgan fingerprint density at radius 2 is 1.79 bits per heavy atom. The van der Waals surface area contributed by atoms with Crippen molar-refractivity contribution in [3.8, 4) is 11.5 Å². The number of hydrogen-bond acceptors (Lipinski definition) is 3. The van der Waals surface area contributed by atoms with E-state index in [0.717, 1.165) is 10.0 Å². The molecule has 4 nitrogen and oxygen atoms in total. The minimum Gasteiger partial charge on any atom is -0.504 e. The number of carbonyl (C=O) groups excluding carboxylic acids is 1. The van der Waals surface area contributed by atoms with Crippen LogP contribution in [0.1, 0.15) is 15.9 Å². The number of phenolic OH excluding ortho intramolecular Hbond substituents is 2. The number of para-hydroxylation sites is 1. The molecule has 0 aliphatic heterocycles. The van der Waals surface area contributed by atoms with Crippen LogP contribution in [0.5, 0.6) is 11.5 Å². The largest absolute Gasteiger partial charge is 0.504 e. The van der Waals surface area contributed by atoms with Crippen LogP contribution in [0.4, 0.5) is 0 Å². The van der Waals surface area contributed by atoms with Crippen LogP contribution in [0.25, 0.3) is 0 Å². The van der Waals surface area contributed by atoms with E-state index in [2.05, 4.69) is 21.2 Å². The Kier molecular flexibility index (Phi) is 4.06. The molecular formula is C14H12BrNO3. The second kappa shape index (κ2) is 5.75. The lowest BCUT2D eigenvalue weighted by Gasteiger charge is -2.08. The van der Waals surface area contributed by atoms with Gasteiger partial charge in [-0.05, 0) is 29.8 Å². The Balaban J connectivity index is 2.05. The van der Waals surface area contributed by atoms with E-state index in [-0.39, 0.29) is 11.3 Å². The van der Waals surface area contributed by atoms with Crippen molar-refractivity contribution in [3.63, 3.8) is 0 Å². The van der Waals surface area contributed by atoms with Gasteiger partial charge < -0.3 is 15.5 Å². The number of rotatable bonds is 3. The fraction of sp³-hybridized carbons (Fsp3) is 0.0714. The number of halogens is 1. The number of nitrogens with one attached hydrogen (secondary N) is 1. The molecule has 2 aromatic rings. The SMILES string of the molecule is O=C(NCc1ccc(Br)cc1)c1cccc(O)c1O. The molecule has 0 heterocycles. The van der Waals surface area contributed by atoms with Crippen LogP contribution in [0.15, 0.2) is 46.9 Å². The van der Waals surface area contributed by atoms with E-state index in [0.29, 0.717) is 6.54 Å². The summed E-state index contributed by atoms with van der Waals surface area (Å²) in [6, 6.07) is 11.8. The van der Waals surface area contributed by atoms with Gasteiger partial charge in [0.05, 0.1) is 5.56 Å². The summed E-state index contributed by atoms with van der Waals surface area (Å²) >= 11 is 3.33. The lowest BCUT2D eigenvalue weighted by molar-refractivity contribution is 0.0947. The molecule has 19 heavy (non-hydrogen) atoms. The van der Waals surface area contributed by atoms with Crippen molar-refractivity contribution in [3.05, 3.63) is 58.1 Å². The molecule has 5 heteroatoms. The molecule has 2 rings (SSSR count). The number of carbonyl (C=O) groups is 1. The molecule has 1 amide bonds. The predicted molar refractivity (Wildman–Crippen MR) is 75.1 cm³/mol. The van der Waals surface area contributed by atoms with Crippen molar-refractivity contribution < 1.29 is 15.0 Å². The monoisotopic (exact) mass is 321 g/mol. The average molecular weight is 322 g/mol. The maximum atomic E-state index is 11.9. The number of aromatic hydroxyl groups is 2. The highest BCUT2D eigenvalue weighted by Gasteiger charge is 2.13. The average Bonchev–Trinajstić information content (AvgIpc) is 2.41. The number of hydrogen-bond donors (Lipinski definition) is 3. The normalized spacial score (nSPS) is 10.2. The fourth-order valence-electron chi connectivity index (χ4n) is 1.59. The van der Waals surface area contributed by atoms with E-state index in [1.54, 1.807) is 0 Å². The fourth-order valence-corrected chi connectivity index (χ4v) is 1.86. The van der Waals surface area contributed by atoms with Crippen LogP contribution in [0, 0.1) is 0 Å². The summed E-state index contributed by atoms with van der Waals surface area (Å²) in [7, 11) is 0. The third-order valence-electron chi connectivity index (χ3n) is 2.63. The molecule has 0 aliphatic rings. The lowest BCUT2D eigenvalue weighted by Crippen LogP contribution is -2.22. The summed E-state index contributed by atoms with van der Waals surface area (Å²) in [5.41, 5.74) is 0.994. The quantitative estimate of drug-likeness (QED) is 0.761. The molecule has 2 aromatic carbocycles. The van der Waals surface area contributed by atoms with Crippen molar-refractivity contribution in [2.45, 2.75) is 6.54 Å². The molecule has 0 saturated heterocycles. The van der Waals surface area contributed by atoms with Gasteiger partial charge in [-0.15, -0.1) is 0 Å². The van der Waals surface area contributed by atoms with E-state index in [1.807, 2.05) is 24.3 Å². The van der Waals surface area contributed by atoms with Gasteiger partial charge in [-0.25, -0.2) is 0 Å². The molecule has 0 bridgehead atoms. The third-order valence-corrected chi connectivity index (χ3v) is 3.15. The van der Waals surface area contributed by atoms with Gasteiger partial charge in [-0.3, -0.25) is 4.79 Å². The predicted octanol–water partition coefficient (Wildman–Crippen LogP) is 2.79. The van der Waals surface area contributed by atoms with Crippen LogP contribution >= 0.6 is 15.9 Å². The lowest BCUT2D eigenvalue weighted by atomic mass is 10.1. The zero-order valence-electron chi connectivity index (χ0n) is 9.93. The van der Waals surface area contributed by atoms with Crippen molar-refractivity contribution >= 4 is 21.8 Å². The third kappa shape index (κ3) is 3.26. The summed E-state index contributed by atoms with van der Waals surface area (Å²) in [6.07, 6.45) is 0. The number of phenols is 2.